The van der Waals surface area contributed by atoms with Gasteiger partial charge in [0.25, 0.3) is 0 Å². The lowest BCUT2D eigenvalue weighted by molar-refractivity contribution is -0.178. The van der Waals surface area contributed by atoms with Crippen LogP contribution in [0.15, 0.2) is 0 Å². The lowest BCUT2D eigenvalue weighted by atomic mass is 10.1. The van der Waals surface area contributed by atoms with Gasteiger partial charge < -0.3 is 5.73 Å². The summed E-state index contributed by atoms with van der Waals surface area (Å²) in [7, 11) is 1.51. The van der Waals surface area contributed by atoms with Gasteiger partial charge in [-0.1, -0.05) is 6.92 Å². The second-order valence-electron chi connectivity index (χ2n) is 4.66. The third kappa shape index (κ3) is 3.82. The Morgan fingerprint density at radius 3 is 2.59 bits per heavy atom. The molecular formula is C11H22F3N3. The van der Waals surface area contributed by atoms with Crippen molar-refractivity contribution in [1.29, 1.82) is 0 Å². The molecule has 0 aliphatic carbocycles. The standard InChI is InChI=1S/C11H22F3N3/c1-3-17-6-4-5-9(17)8-16(2)10(7-15)11(12,13)14/h9-10H,3-8,15H2,1-2H3. The smallest absolute Gasteiger partial charge is 0.329 e. The lowest BCUT2D eigenvalue weighted by Crippen LogP contribution is -2.52. The summed E-state index contributed by atoms with van der Waals surface area (Å²) in [6.07, 6.45) is -2.18. The molecule has 2 N–H and O–H groups in total. The molecule has 1 fully saturated rings. The Balaban J connectivity index is 2.55. The van der Waals surface area contributed by atoms with Crippen LogP contribution < -0.4 is 5.73 Å². The first-order valence-electron chi connectivity index (χ1n) is 6.11. The first-order chi connectivity index (χ1) is 7.90. The number of hydrogen-bond acceptors (Lipinski definition) is 3. The molecule has 0 aromatic rings. The van der Waals surface area contributed by atoms with Crippen LogP contribution in [0.4, 0.5) is 13.2 Å². The summed E-state index contributed by atoms with van der Waals surface area (Å²) in [5.41, 5.74) is 5.23. The van der Waals surface area contributed by atoms with E-state index >= 15 is 0 Å². The molecule has 1 heterocycles. The van der Waals surface area contributed by atoms with E-state index in [-0.39, 0.29) is 12.6 Å². The maximum Gasteiger partial charge on any atom is 0.405 e. The van der Waals surface area contributed by atoms with Crippen LogP contribution in [-0.4, -0.2) is 61.3 Å². The zero-order valence-corrected chi connectivity index (χ0v) is 10.5. The summed E-state index contributed by atoms with van der Waals surface area (Å²) in [6, 6.07) is -1.29. The SMILES string of the molecule is CCN1CCCC1CN(C)C(CN)C(F)(F)F. The molecule has 1 aliphatic rings. The highest BCUT2D eigenvalue weighted by molar-refractivity contribution is 4.85. The number of hydrogen-bond donors (Lipinski definition) is 1. The topological polar surface area (TPSA) is 32.5 Å². The van der Waals surface area contributed by atoms with Crippen LogP contribution >= 0.6 is 0 Å². The van der Waals surface area contributed by atoms with E-state index in [0.717, 1.165) is 25.9 Å². The summed E-state index contributed by atoms with van der Waals surface area (Å²) >= 11 is 0. The van der Waals surface area contributed by atoms with Crippen LogP contribution in [0.25, 0.3) is 0 Å². The fourth-order valence-corrected chi connectivity index (χ4v) is 2.54. The molecule has 17 heavy (non-hydrogen) atoms. The fraction of sp³-hybridized carbons (Fsp3) is 1.00. The third-order valence-corrected chi connectivity index (χ3v) is 3.54. The van der Waals surface area contributed by atoms with Crippen LogP contribution in [0.5, 0.6) is 0 Å². The molecule has 1 saturated heterocycles. The maximum absolute atomic E-state index is 12.7. The van der Waals surface area contributed by atoms with Gasteiger partial charge in [-0.2, -0.15) is 13.2 Å². The number of likely N-dealkylation sites (tertiary alicyclic amines) is 1. The van der Waals surface area contributed by atoms with E-state index in [1.807, 2.05) is 6.92 Å². The third-order valence-electron chi connectivity index (χ3n) is 3.54. The molecule has 0 radical (unpaired) electrons. The first-order valence-corrected chi connectivity index (χ1v) is 6.11. The molecule has 0 aromatic carbocycles. The van der Waals surface area contributed by atoms with Gasteiger partial charge in [-0.05, 0) is 33.0 Å². The minimum atomic E-state index is -4.24. The second-order valence-corrected chi connectivity index (χ2v) is 4.66. The van der Waals surface area contributed by atoms with Crippen LogP contribution in [-0.2, 0) is 0 Å². The predicted octanol–water partition coefficient (Wildman–Crippen LogP) is 1.29. The quantitative estimate of drug-likeness (QED) is 0.801. The van der Waals surface area contributed by atoms with Gasteiger partial charge in [-0.25, -0.2) is 0 Å². The molecule has 2 atom stereocenters. The maximum atomic E-state index is 12.7. The van der Waals surface area contributed by atoms with Crippen LogP contribution in [0, 0.1) is 0 Å². The average Bonchev–Trinajstić information content (AvgIpc) is 2.63. The second kappa shape index (κ2) is 6.02. The lowest BCUT2D eigenvalue weighted by Gasteiger charge is -2.33. The number of nitrogens with zero attached hydrogens (tertiary/aromatic N) is 2. The van der Waals surface area contributed by atoms with Crippen molar-refractivity contribution < 1.29 is 13.2 Å². The Kier molecular flexibility index (Phi) is 5.22. The highest BCUT2D eigenvalue weighted by atomic mass is 19.4. The molecule has 0 bridgehead atoms. The molecule has 102 valence electrons. The molecule has 0 saturated carbocycles. The Morgan fingerprint density at radius 2 is 2.12 bits per heavy atom. The van der Waals surface area contributed by atoms with Crippen molar-refractivity contribution >= 4 is 0 Å². The fourth-order valence-electron chi connectivity index (χ4n) is 2.54. The summed E-state index contributed by atoms with van der Waals surface area (Å²) in [4.78, 5) is 3.58. The van der Waals surface area contributed by atoms with Crippen molar-refractivity contribution in [2.24, 2.45) is 5.73 Å². The van der Waals surface area contributed by atoms with Gasteiger partial charge in [0.1, 0.15) is 6.04 Å². The van der Waals surface area contributed by atoms with Gasteiger partial charge in [-0.15, -0.1) is 0 Å². The van der Waals surface area contributed by atoms with Crippen LogP contribution in [0.2, 0.25) is 0 Å². The van der Waals surface area contributed by atoms with Crippen molar-refractivity contribution in [1.82, 2.24) is 9.80 Å². The number of rotatable bonds is 5. The van der Waals surface area contributed by atoms with E-state index in [1.165, 1.54) is 11.9 Å². The highest BCUT2D eigenvalue weighted by Gasteiger charge is 2.42. The Hall–Kier alpha value is -0.330. The number of halogens is 3. The summed E-state index contributed by atoms with van der Waals surface area (Å²) in [5, 5.41) is 0. The van der Waals surface area contributed by atoms with Crippen molar-refractivity contribution in [2.75, 3.05) is 33.2 Å². The monoisotopic (exact) mass is 253 g/mol. The Morgan fingerprint density at radius 1 is 1.47 bits per heavy atom. The van der Waals surface area contributed by atoms with Crippen molar-refractivity contribution in [3.8, 4) is 0 Å². The summed E-state index contributed by atoms with van der Waals surface area (Å²) in [6.45, 7) is 4.00. The number of alkyl halides is 3. The number of nitrogens with two attached hydrogens (primary N) is 1. The predicted molar refractivity (Wildman–Crippen MR) is 61.8 cm³/mol. The molecule has 2 unspecified atom stereocenters. The number of likely N-dealkylation sites (N-methyl/N-ethyl adjacent to an activating group) is 2. The molecule has 1 rings (SSSR count). The summed E-state index contributed by atoms with van der Waals surface area (Å²) < 4.78 is 38.1. The average molecular weight is 253 g/mol. The van der Waals surface area contributed by atoms with Crippen molar-refractivity contribution in [3.63, 3.8) is 0 Å². The molecule has 0 amide bonds. The van der Waals surface area contributed by atoms with Gasteiger partial charge in [0.2, 0.25) is 0 Å². The minimum absolute atomic E-state index is 0.237. The highest BCUT2D eigenvalue weighted by Crippen LogP contribution is 2.25. The molecule has 0 spiro atoms. The molecule has 6 heteroatoms. The van der Waals surface area contributed by atoms with E-state index < -0.39 is 12.2 Å². The molecular weight excluding hydrogens is 231 g/mol. The van der Waals surface area contributed by atoms with E-state index in [1.54, 1.807) is 0 Å². The van der Waals surface area contributed by atoms with Gasteiger partial charge in [0.15, 0.2) is 0 Å². The van der Waals surface area contributed by atoms with E-state index in [4.69, 9.17) is 5.73 Å². The normalized spacial score (nSPS) is 24.5. The first kappa shape index (κ1) is 14.7. The zero-order valence-electron chi connectivity index (χ0n) is 10.5. The van der Waals surface area contributed by atoms with Gasteiger partial charge in [0.05, 0.1) is 0 Å². The summed E-state index contributed by atoms with van der Waals surface area (Å²) in [5.74, 6) is 0. The zero-order chi connectivity index (χ0) is 13.1. The molecule has 1 aliphatic heterocycles. The van der Waals surface area contributed by atoms with Crippen LogP contribution in [0.3, 0.4) is 0 Å². The van der Waals surface area contributed by atoms with Gasteiger partial charge >= 0.3 is 6.18 Å². The molecule has 0 aromatic heterocycles. The Labute approximate surface area is 101 Å². The van der Waals surface area contributed by atoms with Crippen molar-refractivity contribution in [2.45, 2.75) is 38.0 Å². The van der Waals surface area contributed by atoms with E-state index in [2.05, 4.69) is 4.90 Å². The van der Waals surface area contributed by atoms with Crippen molar-refractivity contribution in [3.05, 3.63) is 0 Å². The Bertz CT molecular complexity index is 232. The van der Waals surface area contributed by atoms with Gasteiger partial charge in [-0.3, -0.25) is 9.80 Å². The van der Waals surface area contributed by atoms with E-state index in [0.29, 0.717) is 6.54 Å². The van der Waals surface area contributed by atoms with E-state index in [9.17, 15) is 13.2 Å². The minimum Gasteiger partial charge on any atom is -0.329 e. The largest absolute Gasteiger partial charge is 0.405 e. The van der Waals surface area contributed by atoms with Crippen LogP contribution in [0.1, 0.15) is 19.8 Å². The molecule has 3 nitrogen and oxygen atoms in total. The van der Waals surface area contributed by atoms with Gasteiger partial charge in [0, 0.05) is 19.1 Å².